The Kier molecular flexibility index (Phi) is 2.45. The largest absolute Gasteiger partial charge is 0.398 e. The second-order valence-corrected chi connectivity index (χ2v) is 4.95. The van der Waals surface area contributed by atoms with Crippen LogP contribution in [0, 0.1) is 0 Å². The molecule has 2 rings (SSSR count). The lowest BCUT2D eigenvalue weighted by Crippen LogP contribution is -1.81. The number of thioether (sulfide) groups is 1. The Morgan fingerprint density at radius 2 is 2.23 bits per heavy atom. The Balaban J connectivity index is 2.77. The maximum absolute atomic E-state index is 5.83. The zero-order chi connectivity index (χ0) is 9.42. The highest BCUT2D eigenvalue weighted by molar-refractivity contribution is 7.99. The molecule has 68 valence electrons. The highest BCUT2D eigenvalue weighted by Crippen LogP contribution is 2.35. The van der Waals surface area contributed by atoms with Crippen LogP contribution >= 0.6 is 35.7 Å². The Morgan fingerprint density at radius 3 is 2.92 bits per heavy atom. The fourth-order valence-electron chi connectivity index (χ4n) is 1.23. The van der Waals surface area contributed by atoms with Gasteiger partial charge in [0.2, 0.25) is 0 Å². The SMILES string of the molecule is CSc1cc2c(N)csc2cc1S. The van der Waals surface area contributed by atoms with Crippen LogP contribution in [-0.4, -0.2) is 6.26 Å². The molecule has 1 aromatic heterocycles. The smallest absolute Gasteiger partial charge is 0.0503 e. The van der Waals surface area contributed by atoms with E-state index in [1.54, 1.807) is 23.1 Å². The van der Waals surface area contributed by atoms with Gasteiger partial charge in [-0.3, -0.25) is 0 Å². The number of hydrogen-bond acceptors (Lipinski definition) is 4. The third-order valence-electron chi connectivity index (χ3n) is 1.90. The van der Waals surface area contributed by atoms with Gasteiger partial charge in [-0.05, 0) is 18.4 Å². The normalized spacial score (nSPS) is 10.9. The van der Waals surface area contributed by atoms with Crippen LogP contribution in [0.15, 0.2) is 27.3 Å². The third-order valence-corrected chi connectivity index (χ3v) is 4.17. The van der Waals surface area contributed by atoms with Crippen molar-refractivity contribution in [3.05, 3.63) is 17.5 Å². The summed E-state index contributed by atoms with van der Waals surface area (Å²) in [6, 6.07) is 4.18. The lowest BCUT2D eigenvalue weighted by atomic mass is 10.2. The molecule has 0 saturated carbocycles. The van der Waals surface area contributed by atoms with Gasteiger partial charge >= 0.3 is 0 Å². The first kappa shape index (κ1) is 9.24. The van der Waals surface area contributed by atoms with Crippen molar-refractivity contribution < 1.29 is 0 Å². The van der Waals surface area contributed by atoms with Crippen molar-refractivity contribution in [2.24, 2.45) is 0 Å². The van der Waals surface area contributed by atoms with Crippen molar-refractivity contribution in [3.63, 3.8) is 0 Å². The number of rotatable bonds is 1. The standard InChI is InChI=1S/C9H9NS3/c1-12-9-2-5-6(10)4-13-8(5)3-7(9)11/h2-4,11H,10H2,1H3. The molecule has 0 fully saturated rings. The van der Waals surface area contributed by atoms with E-state index in [-0.39, 0.29) is 0 Å². The second kappa shape index (κ2) is 3.44. The number of nitrogens with two attached hydrogens (primary N) is 1. The summed E-state index contributed by atoms with van der Waals surface area (Å²) in [6.07, 6.45) is 2.05. The highest BCUT2D eigenvalue weighted by Gasteiger charge is 2.05. The van der Waals surface area contributed by atoms with Crippen molar-refractivity contribution in [2.75, 3.05) is 12.0 Å². The number of thiol groups is 1. The van der Waals surface area contributed by atoms with Crippen LogP contribution in [0.1, 0.15) is 0 Å². The van der Waals surface area contributed by atoms with Gasteiger partial charge in [0.05, 0.1) is 5.69 Å². The number of nitrogen functional groups attached to an aromatic ring is 1. The summed E-state index contributed by atoms with van der Waals surface area (Å²) in [4.78, 5) is 2.21. The molecule has 0 unspecified atom stereocenters. The van der Waals surface area contributed by atoms with Gasteiger partial charge in [0.1, 0.15) is 0 Å². The summed E-state index contributed by atoms with van der Waals surface area (Å²) in [7, 11) is 0. The van der Waals surface area contributed by atoms with Crippen LogP contribution in [0.4, 0.5) is 5.69 Å². The van der Waals surface area contributed by atoms with Gasteiger partial charge in [-0.25, -0.2) is 0 Å². The van der Waals surface area contributed by atoms with Crippen LogP contribution in [0.5, 0.6) is 0 Å². The number of fused-ring (bicyclic) bond motifs is 1. The molecular weight excluding hydrogens is 218 g/mol. The van der Waals surface area contributed by atoms with E-state index in [1.807, 2.05) is 11.6 Å². The van der Waals surface area contributed by atoms with Crippen LogP contribution in [0.3, 0.4) is 0 Å². The quantitative estimate of drug-likeness (QED) is 0.576. The molecule has 2 aromatic rings. The molecule has 0 aliphatic heterocycles. The molecule has 0 aliphatic carbocycles. The monoisotopic (exact) mass is 227 g/mol. The van der Waals surface area contributed by atoms with E-state index >= 15 is 0 Å². The average molecular weight is 227 g/mol. The first-order valence-electron chi connectivity index (χ1n) is 3.76. The van der Waals surface area contributed by atoms with E-state index in [1.165, 1.54) is 9.60 Å². The number of thiophene rings is 1. The molecule has 0 aliphatic rings. The van der Waals surface area contributed by atoms with Crippen LogP contribution in [-0.2, 0) is 0 Å². The zero-order valence-corrected chi connectivity index (χ0v) is 9.60. The molecule has 0 amide bonds. The van der Waals surface area contributed by atoms with E-state index in [4.69, 9.17) is 5.73 Å². The minimum Gasteiger partial charge on any atom is -0.398 e. The predicted molar refractivity (Wildman–Crippen MR) is 65.3 cm³/mol. The molecule has 4 heteroatoms. The molecule has 2 N–H and O–H groups in total. The van der Waals surface area contributed by atoms with Crippen molar-refractivity contribution in [3.8, 4) is 0 Å². The van der Waals surface area contributed by atoms with Crippen molar-refractivity contribution in [1.82, 2.24) is 0 Å². The van der Waals surface area contributed by atoms with Crippen LogP contribution < -0.4 is 5.73 Å². The molecule has 0 spiro atoms. The first-order chi connectivity index (χ1) is 6.22. The van der Waals surface area contributed by atoms with Gasteiger partial charge in [0.15, 0.2) is 0 Å². The van der Waals surface area contributed by atoms with Gasteiger partial charge < -0.3 is 5.73 Å². The topological polar surface area (TPSA) is 26.0 Å². The molecule has 13 heavy (non-hydrogen) atoms. The molecule has 1 aromatic carbocycles. The van der Waals surface area contributed by atoms with Gasteiger partial charge in [-0.15, -0.1) is 35.7 Å². The second-order valence-electron chi connectivity index (χ2n) is 2.71. The first-order valence-corrected chi connectivity index (χ1v) is 6.31. The van der Waals surface area contributed by atoms with Gasteiger partial charge in [-0.2, -0.15) is 0 Å². The lowest BCUT2D eigenvalue weighted by molar-refractivity contribution is 1.30. The summed E-state index contributed by atoms with van der Waals surface area (Å²) in [5, 5.41) is 3.12. The van der Waals surface area contributed by atoms with Gasteiger partial charge in [0, 0.05) is 25.3 Å². The third kappa shape index (κ3) is 1.54. The van der Waals surface area contributed by atoms with E-state index in [0.29, 0.717) is 0 Å². The summed E-state index contributed by atoms with van der Waals surface area (Å²) < 4.78 is 1.21. The molecule has 0 bridgehead atoms. The van der Waals surface area contributed by atoms with Crippen molar-refractivity contribution in [2.45, 2.75) is 9.79 Å². The molecule has 1 heterocycles. The molecular formula is C9H9NS3. The van der Waals surface area contributed by atoms with Crippen molar-refractivity contribution in [1.29, 1.82) is 0 Å². The van der Waals surface area contributed by atoms with E-state index in [9.17, 15) is 0 Å². The fourth-order valence-corrected chi connectivity index (χ4v) is 3.16. The Bertz CT molecular complexity index is 447. The van der Waals surface area contributed by atoms with E-state index < -0.39 is 0 Å². The van der Waals surface area contributed by atoms with Gasteiger partial charge in [-0.1, -0.05) is 0 Å². The number of benzene rings is 1. The Hall–Kier alpha value is -0.320. The van der Waals surface area contributed by atoms with Gasteiger partial charge in [0.25, 0.3) is 0 Å². The summed E-state index contributed by atoms with van der Waals surface area (Å²) >= 11 is 7.77. The van der Waals surface area contributed by atoms with Crippen LogP contribution in [0.2, 0.25) is 0 Å². The molecule has 1 nitrogen and oxygen atoms in total. The zero-order valence-electron chi connectivity index (χ0n) is 7.07. The van der Waals surface area contributed by atoms with E-state index in [2.05, 4.69) is 24.8 Å². The molecule has 0 saturated heterocycles. The van der Waals surface area contributed by atoms with E-state index in [0.717, 1.165) is 16.0 Å². The Labute approximate surface area is 90.7 Å². The minimum absolute atomic E-state index is 0.864. The predicted octanol–water partition coefficient (Wildman–Crippen LogP) is 3.49. The van der Waals surface area contributed by atoms with Crippen molar-refractivity contribution >= 4 is 51.5 Å². The molecule has 0 radical (unpaired) electrons. The highest BCUT2D eigenvalue weighted by atomic mass is 32.2. The fraction of sp³-hybridized carbons (Fsp3) is 0.111. The lowest BCUT2D eigenvalue weighted by Gasteiger charge is -2.01. The number of hydrogen-bond donors (Lipinski definition) is 2. The Morgan fingerprint density at radius 1 is 1.46 bits per heavy atom. The summed E-state index contributed by atoms with van der Waals surface area (Å²) in [5.74, 6) is 0. The maximum atomic E-state index is 5.83. The minimum atomic E-state index is 0.864. The summed E-state index contributed by atoms with van der Waals surface area (Å²) in [6.45, 7) is 0. The average Bonchev–Trinajstić information content (AvgIpc) is 2.46. The molecule has 0 atom stereocenters. The number of anilines is 1. The maximum Gasteiger partial charge on any atom is 0.0503 e. The van der Waals surface area contributed by atoms with Crippen LogP contribution in [0.25, 0.3) is 10.1 Å². The summed E-state index contributed by atoms with van der Waals surface area (Å²) in [5.41, 5.74) is 6.69.